The third kappa shape index (κ3) is 0.826. The molecule has 1 fully saturated rings. The van der Waals surface area contributed by atoms with Crippen LogP contribution in [0.15, 0.2) is 12.1 Å². The Kier molecular flexibility index (Phi) is 1.10. The zero-order valence-corrected chi connectivity index (χ0v) is 7.10. The molecular weight excluding hydrogens is 174 g/mol. The Balaban J connectivity index is 2.21. The van der Waals surface area contributed by atoms with E-state index in [9.17, 15) is 8.78 Å². The van der Waals surface area contributed by atoms with Gasteiger partial charge in [0, 0.05) is 12.5 Å². The minimum atomic E-state index is -0.518. The molecule has 0 aromatic heterocycles. The topological polar surface area (TPSA) is 12.5 Å². The van der Waals surface area contributed by atoms with E-state index in [0.29, 0.717) is 17.5 Å². The molecule has 0 spiro atoms. The van der Waals surface area contributed by atoms with E-state index in [1.54, 1.807) is 0 Å². The highest BCUT2D eigenvalue weighted by Gasteiger charge is 2.59. The van der Waals surface area contributed by atoms with Crippen LogP contribution in [0.4, 0.5) is 8.78 Å². The van der Waals surface area contributed by atoms with Crippen molar-refractivity contribution in [2.75, 3.05) is 0 Å². The van der Waals surface area contributed by atoms with E-state index in [0.717, 1.165) is 6.07 Å². The monoisotopic (exact) mass is 182 g/mol. The standard InChI is InChI=1S/C10H8F2O/c1-10-4-7-6(9(10)13-10)2-5(11)3-8(7)12/h2-3,9H,4H2,1H3. The number of epoxide rings is 1. The van der Waals surface area contributed by atoms with Gasteiger partial charge >= 0.3 is 0 Å². The molecule has 1 aromatic carbocycles. The minimum absolute atomic E-state index is 0.0762. The van der Waals surface area contributed by atoms with E-state index in [1.165, 1.54) is 6.07 Å². The summed E-state index contributed by atoms with van der Waals surface area (Å²) in [7, 11) is 0. The van der Waals surface area contributed by atoms with Crippen LogP contribution < -0.4 is 0 Å². The van der Waals surface area contributed by atoms with Crippen molar-refractivity contribution in [1.29, 1.82) is 0 Å². The van der Waals surface area contributed by atoms with E-state index in [1.807, 2.05) is 6.92 Å². The van der Waals surface area contributed by atoms with Crippen LogP contribution in [0.1, 0.15) is 24.2 Å². The molecular formula is C10H8F2O. The summed E-state index contributed by atoms with van der Waals surface area (Å²) in [6, 6.07) is 2.31. The fourth-order valence-electron chi connectivity index (χ4n) is 2.16. The first-order valence-corrected chi connectivity index (χ1v) is 4.26. The van der Waals surface area contributed by atoms with Gasteiger partial charge in [-0.05, 0) is 24.1 Å². The van der Waals surface area contributed by atoms with Gasteiger partial charge in [0.15, 0.2) is 0 Å². The lowest BCUT2D eigenvalue weighted by atomic mass is 10.1. The van der Waals surface area contributed by atoms with Crippen LogP contribution in [0.25, 0.3) is 0 Å². The Morgan fingerprint density at radius 2 is 2.23 bits per heavy atom. The molecule has 68 valence electrons. The van der Waals surface area contributed by atoms with Crippen LogP contribution >= 0.6 is 0 Å². The van der Waals surface area contributed by atoms with Crippen molar-refractivity contribution in [1.82, 2.24) is 0 Å². The highest BCUT2D eigenvalue weighted by molar-refractivity contribution is 5.43. The first-order valence-electron chi connectivity index (χ1n) is 4.26. The molecule has 0 N–H and O–H groups in total. The van der Waals surface area contributed by atoms with Gasteiger partial charge in [-0.1, -0.05) is 0 Å². The Morgan fingerprint density at radius 1 is 1.46 bits per heavy atom. The first-order chi connectivity index (χ1) is 6.10. The van der Waals surface area contributed by atoms with Crippen molar-refractivity contribution in [2.24, 2.45) is 0 Å². The molecule has 1 heterocycles. The second kappa shape index (κ2) is 1.93. The largest absolute Gasteiger partial charge is 0.361 e. The number of fused-ring (bicyclic) bond motifs is 3. The van der Waals surface area contributed by atoms with Gasteiger partial charge in [-0.15, -0.1) is 0 Å². The summed E-state index contributed by atoms with van der Waals surface area (Å²) in [5.74, 6) is -0.956. The normalized spacial score (nSPS) is 34.2. The molecule has 1 aliphatic heterocycles. The number of halogens is 2. The summed E-state index contributed by atoms with van der Waals surface area (Å²) in [6.45, 7) is 1.93. The quantitative estimate of drug-likeness (QED) is 0.561. The summed E-state index contributed by atoms with van der Waals surface area (Å²) >= 11 is 0. The smallest absolute Gasteiger partial charge is 0.129 e. The molecule has 0 radical (unpaired) electrons. The van der Waals surface area contributed by atoms with Crippen molar-refractivity contribution in [3.05, 3.63) is 34.9 Å². The SMILES string of the molecule is CC12Cc3c(F)cc(F)cc3C1O2. The second-order valence-corrected chi connectivity index (χ2v) is 3.94. The lowest BCUT2D eigenvalue weighted by molar-refractivity contribution is 0.295. The molecule has 0 amide bonds. The summed E-state index contributed by atoms with van der Waals surface area (Å²) in [4.78, 5) is 0. The van der Waals surface area contributed by atoms with Crippen molar-refractivity contribution >= 4 is 0 Å². The predicted octanol–water partition coefficient (Wildman–Crippen LogP) is 2.35. The van der Waals surface area contributed by atoms with Crippen molar-refractivity contribution in [3.8, 4) is 0 Å². The average Bonchev–Trinajstić information content (AvgIpc) is 2.61. The van der Waals surface area contributed by atoms with Crippen LogP contribution in [-0.2, 0) is 11.2 Å². The van der Waals surface area contributed by atoms with E-state index >= 15 is 0 Å². The summed E-state index contributed by atoms with van der Waals surface area (Å²) in [5, 5.41) is 0. The van der Waals surface area contributed by atoms with Crippen LogP contribution in [0, 0.1) is 11.6 Å². The Labute approximate surface area is 74.3 Å². The van der Waals surface area contributed by atoms with Crippen LogP contribution in [0.3, 0.4) is 0 Å². The summed E-state index contributed by atoms with van der Waals surface area (Å²) in [5.41, 5.74) is 1.07. The van der Waals surface area contributed by atoms with Crippen LogP contribution in [-0.4, -0.2) is 5.60 Å². The minimum Gasteiger partial charge on any atom is -0.361 e. The predicted molar refractivity (Wildman–Crippen MR) is 42.3 cm³/mol. The Morgan fingerprint density at radius 3 is 3.00 bits per heavy atom. The lowest BCUT2D eigenvalue weighted by Gasteiger charge is -2.04. The molecule has 1 aliphatic carbocycles. The number of benzene rings is 1. The van der Waals surface area contributed by atoms with Gasteiger partial charge in [-0.3, -0.25) is 0 Å². The molecule has 3 rings (SSSR count). The van der Waals surface area contributed by atoms with E-state index in [-0.39, 0.29) is 11.7 Å². The van der Waals surface area contributed by atoms with Crippen LogP contribution in [0.2, 0.25) is 0 Å². The molecule has 1 saturated heterocycles. The maximum atomic E-state index is 13.2. The average molecular weight is 182 g/mol. The molecule has 1 nitrogen and oxygen atoms in total. The second-order valence-electron chi connectivity index (χ2n) is 3.94. The maximum Gasteiger partial charge on any atom is 0.129 e. The number of hydrogen-bond acceptors (Lipinski definition) is 1. The summed E-state index contributed by atoms with van der Waals surface area (Å²) < 4.78 is 31.4. The zero-order chi connectivity index (χ0) is 9.22. The molecule has 2 atom stereocenters. The Hall–Kier alpha value is -0.960. The number of rotatable bonds is 0. The van der Waals surface area contributed by atoms with E-state index in [2.05, 4.69) is 0 Å². The number of ether oxygens (including phenoxy) is 1. The molecule has 2 aliphatic rings. The molecule has 13 heavy (non-hydrogen) atoms. The van der Waals surface area contributed by atoms with E-state index in [4.69, 9.17) is 4.74 Å². The fraction of sp³-hybridized carbons (Fsp3) is 0.400. The van der Waals surface area contributed by atoms with Gasteiger partial charge in [0.05, 0.1) is 0 Å². The van der Waals surface area contributed by atoms with Gasteiger partial charge in [0.2, 0.25) is 0 Å². The van der Waals surface area contributed by atoms with E-state index < -0.39 is 11.6 Å². The van der Waals surface area contributed by atoms with Crippen molar-refractivity contribution < 1.29 is 13.5 Å². The highest BCUT2D eigenvalue weighted by atomic mass is 19.1. The molecule has 0 saturated carbocycles. The third-order valence-corrected chi connectivity index (χ3v) is 2.89. The molecule has 1 aromatic rings. The van der Waals surface area contributed by atoms with Gasteiger partial charge < -0.3 is 4.74 Å². The maximum absolute atomic E-state index is 13.2. The lowest BCUT2D eigenvalue weighted by Crippen LogP contribution is -2.05. The molecule has 2 unspecified atom stereocenters. The highest BCUT2D eigenvalue weighted by Crippen LogP contribution is 2.58. The fourth-order valence-corrected chi connectivity index (χ4v) is 2.16. The van der Waals surface area contributed by atoms with Gasteiger partial charge in [-0.2, -0.15) is 0 Å². The van der Waals surface area contributed by atoms with Crippen molar-refractivity contribution in [2.45, 2.75) is 25.0 Å². The molecule has 3 heteroatoms. The first kappa shape index (κ1) is 7.44. The summed E-state index contributed by atoms with van der Waals surface area (Å²) in [6.07, 6.45) is 0.492. The van der Waals surface area contributed by atoms with Gasteiger partial charge in [0.1, 0.15) is 23.3 Å². The van der Waals surface area contributed by atoms with Crippen LogP contribution in [0.5, 0.6) is 0 Å². The third-order valence-electron chi connectivity index (χ3n) is 2.89. The van der Waals surface area contributed by atoms with Crippen molar-refractivity contribution in [3.63, 3.8) is 0 Å². The van der Waals surface area contributed by atoms with Gasteiger partial charge in [-0.25, -0.2) is 8.78 Å². The number of hydrogen-bond donors (Lipinski definition) is 0. The molecule has 0 bridgehead atoms. The zero-order valence-electron chi connectivity index (χ0n) is 7.10. The Bertz CT molecular complexity index is 402. The van der Waals surface area contributed by atoms with Gasteiger partial charge in [0.25, 0.3) is 0 Å².